The molecule has 168 valence electrons. The molecule has 30 heavy (non-hydrogen) atoms. The first-order valence-corrected chi connectivity index (χ1v) is 11.9. The van der Waals surface area contributed by atoms with Crippen molar-refractivity contribution < 1.29 is 17.9 Å². The van der Waals surface area contributed by atoms with Gasteiger partial charge in [-0.15, -0.1) is 0 Å². The van der Waals surface area contributed by atoms with Crippen molar-refractivity contribution in [3.8, 4) is 0 Å². The Bertz CT molecular complexity index is 824. The minimum Gasteiger partial charge on any atom is -0.379 e. The smallest absolute Gasteiger partial charge is 0.244 e. The molecule has 1 aromatic heterocycles. The summed E-state index contributed by atoms with van der Waals surface area (Å²) >= 11 is 0. The van der Waals surface area contributed by atoms with Crippen LogP contribution in [0.4, 0.5) is 5.82 Å². The molecule has 0 radical (unpaired) electrons. The number of carbonyl (C=O) groups is 1. The number of hydrogen-bond donors (Lipinski definition) is 1. The van der Waals surface area contributed by atoms with E-state index in [1.165, 1.54) is 10.5 Å². The fourth-order valence-electron chi connectivity index (χ4n) is 3.63. The summed E-state index contributed by atoms with van der Waals surface area (Å²) in [7, 11) is -3.53. The van der Waals surface area contributed by atoms with Crippen molar-refractivity contribution in [2.75, 3.05) is 57.4 Å². The van der Waals surface area contributed by atoms with Crippen LogP contribution in [0.5, 0.6) is 0 Å². The molecule has 2 fully saturated rings. The lowest BCUT2D eigenvalue weighted by atomic mass is 10.1. The maximum absolute atomic E-state index is 12.7. The van der Waals surface area contributed by atoms with E-state index in [-0.39, 0.29) is 22.4 Å². The molecule has 1 N–H and O–H groups in total. The number of carbonyl (C=O) groups excluding carboxylic acids is 1. The molecule has 3 heterocycles. The monoisotopic (exact) mass is 439 g/mol. The summed E-state index contributed by atoms with van der Waals surface area (Å²) in [5.74, 6) is 0.786. The molecule has 2 aliphatic heterocycles. The number of nitrogens with zero attached hydrogens (tertiary/aromatic N) is 4. The molecule has 2 saturated heterocycles. The van der Waals surface area contributed by atoms with Gasteiger partial charge in [-0.3, -0.25) is 9.69 Å². The second kappa shape index (κ2) is 9.17. The standard InChI is InChI=1S/C20H33N5O4S/c1-16(19(26)22-20(2,3)4)23-7-9-24(10-8-23)18-6-5-17(15-21-18)30(27,28)25-11-13-29-14-12-25/h5-6,15-16H,7-14H2,1-4H3,(H,22,26)/t16-/m1/s1. The lowest BCUT2D eigenvalue weighted by Gasteiger charge is -2.38. The van der Waals surface area contributed by atoms with Gasteiger partial charge in [0.15, 0.2) is 0 Å². The van der Waals surface area contributed by atoms with E-state index in [9.17, 15) is 13.2 Å². The SMILES string of the molecule is C[C@H](C(=O)NC(C)(C)C)N1CCN(c2ccc(S(=O)(=O)N3CCOCC3)cn2)CC1. The molecule has 1 amide bonds. The third kappa shape index (κ3) is 5.48. The topological polar surface area (TPSA) is 95.1 Å². The van der Waals surface area contributed by atoms with Gasteiger partial charge in [0, 0.05) is 51.0 Å². The Balaban J connectivity index is 1.58. The van der Waals surface area contributed by atoms with Crippen molar-refractivity contribution in [2.45, 2.75) is 44.2 Å². The molecule has 2 aliphatic rings. The highest BCUT2D eigenvalue weighted by molar-refractivity contribution is 7.89. The van der Waals surface area contributed by atoms with Gasteiger partial charge >= 0.3 is 0 Å². The number of hydrogen-bond acceptors (Lipinski definition) is 7. The highest BCUT2D eigenvalue weighted by atomic mass is 32.2. The summed E-state index contributed by atoms with van der Waals surface area (Å²) in [6.07, 6.45) is 1.44. The summed E-state index contributed by atoms with van der Waals surface area (Å²) in [6, 6.07) is 3.19. The molecule has 0 bridgehead atoms. The Morgan fingerprint density at radius 1 is 1.10 bits per heavy atom. The molecule has 0 spiro atoms. The quantitative estimate of drug-likeness (QED) is 0.715. The molecule has 3 rings (SSSR count). The van der Waals surface area contributed by atoms with Crippen molar-refractivity contribution >= 4 is 21.7 Å². The number of nitrogens with one attached hydrogen (secondary N) is 1. The number of ether oxygens (including phenoxy) is 1. The Morgan fingerprint density at radius 2 is 1.73 bits per heavy atom. The zero-order valence-corrected chi connectivity index (χ0v) is 19.1. The lowest BCUT2D eigenvalue weighted by molar-refractivity contribution is -0.127. The number of pyridine rings is 1. The average molecular weight is 440 g/mol. The van der Waals surface area contributed by atoms with Crippen molar-refractivity contribution in [3.63, 3.8) is 0 Å². The van der Waals surface area contributed by atoms with Gasteiger partial charge in [-0.2, -0.15) is 4.31 Å². The zero-order valence-electron chi connectivity index (χ0n) is 18.3. The zero-order chi connectivity index (χ0) is 21.9. The maximum Gasteiger partial charge on any atom is 0.244 e. The lowest BCUT2D eigenvalue weighted by Crippen LogP contribution is -2.56. The van der Waals surface area contributed by atoms with E-state index >= 15 is 0 Å². The molecule has 0 aromatic carbocycles. The van der Waals surface area contributed by atoms with Gasteiger partial charge in [0.05, 0.1) is 19.3 Å². The van der Waals surface area contributed by atoms with E-state index in [2.05, 4.69) is 20.1 Å². The first-order valence-electron chi connectivity index (χ1n) is 10.4. The Hall–Kier alpha value is -1.75. The average Bonchev–Trinajstić information content (AvgIpc) is 2.73. The molecule has 1 atom stereocenters. The highest BCUT2D eigenvalue weighted by Gasteiger charge is 2.29. The van der Waals surface area contributed by atoms with Gasteiger partial charge in [0.2, 0.25) is 15.9 Å². The van der Waals surface area contributed by atoms with E-state index in [4.69, 9.17) is 4.74 Å². The molecule has 0 unspecified atom stereocenters. The summed E-state index contributed by atoms with van der Waals surface area (Å²) in [6.45, 7) is 12.4. The van der Waals surface area contributed by atoms with Gasteiger partial charge in [0.1, 0.15) is 10.7 Å². The van der Waals surface area contributed by atoms with Crippen molar-refractivity contribution in [2.24, 2.45) is 0 Å². The fraction of sp³-hybridized carbons (Fsp3) is 0.700. The number of amides is 1. The van der Waals surface area contributed by atoms with Crippen LogP contribution < -0.4 is 10.2 Å². The largest absolute Gasteiger partial charge is 0.379 e. The summed E-state index contributed by atoms with van der Waals surface area (Å²) in [4.78, 5) is 21.3. The summed E-state index contributed by atoms with van der Waals surface area (Å²) in [5, 5.41) is 3.03. The van der Waals surface area contributed by atoms with Crippen molar-refractivity contribution in [1.82, 2.24) is 19.5 Å². The molecule has 10 heteroatoms. The second-order valence-corrected chi connectivity index (χ2v) is 10.7. The summed E-state index contributed by atoms with van der Waals surface area (Å²) < 4.78 is 32.1. The number of aromatic nitrogens is 1. The number of rotatable bonds is 5. The van der Waals surface area contributed by atoms with Crippen LogP contribution in [0.15, 0.2) is 23.2 Å². The van der Waals surface area contributed by atoms with Crippen LogP contribution in [0.2, 0.25) is 0 Å². The van der Waals surface area contributed by atoms with Crippen molar-refractivity contribution in [3.05, 3.63) is 18.3 Å². The van der Waals surface area contributed by atoms with E-state index in [0.717, 1.165) is 32.0 Å². The van der Waals surface area contributed by atoms with E-state index in [1.54, 1.807) is 12.1 Å². The van der Waals surface area contributed by atoms with E-state index in [1.807, 2.05) is 27.7 Å². The van der Waals surface area contributed by atoms with E-state index in [0.29, 0.717) is 26.3 Å². The van der Waals surface area contributed by atoms with Crippen LogP contribution in [-0.4, -0.2) is 92.6 Å². The summed E-state index contributed by atoms with van der Waals surface area (Å²) in [5.41, 5.74) is -0.250. The first kappa shape index (κ1) is 22.9. The Morgan fingerprint density at radius 3 is 2.27 bits per heavy atom. The van der Waals surface area contributed by atoms with Crippen LogP contribution >= 0.6 is 0 Å². The maximum atomic E-state index is 12.7. The first-order chi connectivity index (χ1) is 14.1. The van der Waals surface area contributed by atoms with Crippen molar-refractivity contribution in [1.29, 1.82) is 0 Å². The van der Waals surface area contributed by atoms with Crippen LogP contribution in [-0.2, 0) is 19.6 Å². The van der Waals surface area contributed by atoms with Crippen LogP contribution in [0.3, 0.4) is 0 Å². The number of anilines is 1. The molecular weight excluding hydrogens is 406 g/mol. The fourth-order valence-corrected chi connectivity index (χ4v) is 4.98. The molecule has 9 nitrogen and oxygen atoms in total. The number of morpholine rings is 1. The van der Waals surface area contributed by atoms with Crippen LogP contribution in [0.1, 0.15) is 27.7 Å². The third-order valence-electron chi connectivity index (χ3n) is 5.39. The van der Waals surface area contributed by atoms with Gasteiger partial charge in [-0.1, -0.05) is 0 Å². The second-order valence-electron chi connectivity index (χ2n) is 8.81. The van der Waals surface area contributed by atoms with E-state index < -0.39 is 10.0 Å². The van der Waals surface area contributed by atoms with Gasteiger partial charge in [-0.25, -0.2) is 13.4 Å². The number of sulfonamides is 1. The highest BCUT2D eigenvalue weighted by Crippen LogP contribution is 2.20. The normalized spacial score (nSPS) is 20.7. The van der Waals surface area contributed by atoms with Crippen LogP contribution in [0.25, 0.3) is 0 Å². The molecular formula is C20H33N5O4S. The Labute approximate surface area is 179 Å². The molecule has 0 saturated carbocycles. The Kier molecular flexibility index (Phi) is 7.01. The molecule has 0 aliphatic carbocycles. The van der Waals surface area contributed by atoms with Gasteiger partial charge in [0.25, 0.3) is 0 Å². The third-order valence-corrected chi connectivity index (χ3v) is 7.27. The van der Waals surface area contributed by atoms with Gasteiger partial charge < -0.3 is 15.0 Å². The predicted molar refractivity (Wildman–Crippen MR) is 115 cm³/mol. The van der Waals surface area contributed by atoms with Gasteiger partial charge in [-0.05, 0) is 39.8 Å². The van der Waals surface area contributed by atoms with Crippen LogP contribution in [0, 0.1) is 0 Å². The minimum absolute atomic E-state index is 0.0340. The predicted octanol–water partition coefficient (Wildman–Crippen LogP) is 0.528. The molecule has 1 aromatic rings. The minimum atomic E-state index is -3.53. The number of piperazine rings is 1.